The Morgan fingerprint density at radius 1 is 1.12 bits per heavy atom. The molecule has 2 fully saturated rings. The van der Waals surface area contributed by atoms with Crippen LogP contribution in [-0.4, -0.2) is 24.7 Å². The predicted molar refractivity (Wildman–Crippen MR) is 101 cm³/mol. The van der Waals surface area contributed by atoms with E-state index < -0.39 is 0 Å². The Hall–Kier alpha value is -1.85. The number of hydrogen-bond donors (Lipinski definition) is 1. The summed E-state index contributed by atoms with van der Waals surface area (Å²) in [6, 6.07) is 15.1. The molecule has 4 nitrogen and oxygen atoms in total. The summed E-state index contributed by atoms with van der Waals surface area (Å²) in [7, 11) is 0. The molecule has 0 aliphatic carbocycles. The Labute approximate surface area is 152 Å². The van der Waals surface area contributed by atoms with Crippen molar-refractivity contribution in [1.29, 1.82) is 0 Å². The molecule has 1 N–H and O–H groups in total. The number of thiophene rings is 1. The first-order chi connectivity index (χ1) is 12.3. The van der Waals surface area contributed by atoms with Gasteiger partial charge >= 0.3 is 6.09 Å². The summed E-state index contributed by atoms with van der Waals surface area (Å²) in [5.74, 6) is 0.546. The van der Waals surface area contributed by atoms with Gasteiger partial charge in [0.2, 0.25) is 0 Å². The van der Waals surface area contributed by atoms with Gasteiger partial charge in [-0.2, -0.15) is 0 Å². The molecule has 2 aromatic rings. The topological polar surface area (TPSA) is 41.6 Å². The number of hydrogen-bond acceptors (Lipinski definition) is 4. The quantitative estimate of drug-likeness (QED) is 0.862. The maximum atomic E-state index is 12.8. The predicted octanol–water partition coefficient (Wildman–Crippen LogP) is 4.42. The van der Waals surface area contributed by atoms with Gasteiger partial charge in [-0.3, -0.25) is 4.90 Å². The molecule has 0 saturated carbocycles. The molecule has 2 aliphatic heterocycles. The van der Waals surface area contributed by atoms with Crippen LogP contribution in [-0.2, 0) is 11.3 Å². The number of nitrogens with one attached hydrogen (secondary N) is 1. The summed E-state index contributed by atoms with van der Waals surface area (Å²) in [5, 5.41) is 6.66. The minimum atomic E-state index is -0.239. The highest BCUT2D eigenvalue weighted by Gasteiger charge is 2.35. The third-order valence-corrected chi connectivity index (χ3v) is 6.10. The van der Waals surface area contributed by atoms with Gasteiger partial charge in [-0.15, -0.1) is 11.3 Å². The number of benzene rings is 1. The van der Waals surface area contributed by atoms with Crippen LogP contribution in [0.1, 0.15) is 31.2 Å². The van der Waals surface area contributed by atoms with E-state index >= 15 is 0 Å². The molecule has 132 valence electrons. The largest absolute Gasteiger partial charge is 0.444 e. The lowest BCUT2D eigenvalue weighted by Crippen LogP contribution is -2.43. The summed E-state index contributed by atoms with van der Waals surface area (Å²) < 4.78 is 5.60. The van der Waals surface area contributed by atoms with Gasteiger partial charge in [-0.05, 0) is 54.7 Å². The monoisotopic (exact) mass is 356 g/mol. The first-order valence-corrected chi connectivity index (χ1v) is 9.93. The van der Waals surface area contributed by atoms with E-state index in [-0.39, 0.29) is 6.09 Å². The molecular weight excluding hydrogens is 332 g/mol. The van der Waals surface area contributed by atoms with Crippen molar-refractivity contribution < 1.29 is 9.53 Å². The van der Waals surface area contributed by atoms with Crippen LogP contribution in [0.5, 0.6) is 0 Å². The fourth-order valence-corrected chi connectivity index (χ4v) is 4.79. The molecule has 0 radical (unpaired) electrons. The summed E-state index contributed by atoms with van der Waals surface area (Å²) in [5.41, 5.74) is 1.02. The SMILES string of the molecule is O=C(OCc1ccccc1)N(CC1CC2CCC(C1)N2)c1cccs1. The summed E-state index contributed by atoms with van der Waals surface area (Å²) >= 11 is 1.60. The first kappa shape index (κ1) is 16.6. The average Bonchev–Trinajstić information content (AvgIpc) is 3.28. The van der Waals surface area contributed by atoms with Crippen molar-refractivity contribution in [3.05, 3.63) is 53.4 Å². The lowest BCUT2D eigenvalue weighted by atomic mass is 9.92. The number of piperidine rings is 1. The van der Waals surface area contributed by atoms with Gasteiger partial charge in [0, 0.05) is 18.6 Å². The molecule has 5 heteroatoms. The molecule has 25 heavy (non-hydrogen) atoms. The normalized spacial score (nSPS) is 24.9. The fraction of sp³-hybridized carbons (Fsp3) is 0.450. The van der Waals surface area contributed by atoms with Crippen molar-refractivity contribution in [2.24, 2.45) is 5.92 Å². The van der Waals surface area contributed by atoms with Crippen LogP contribution in [0.25, 0.3) is 0 Å². The zero-order valence-corrected chi connectivity index (χ0v) is 15.1. The summed E-state index contributed by atoms with van der Waals surface area (Å²) in [6.07, 6.45) is 4.63. The van der Waals surface area contributed by atoms with Crippen LogP contribution in [0.2, 0.25) is 0 Å². The Balaban J connectivity index is 1.42. The highest BCUT2D eigenvalue weighted by atomic mass is 32.1. The van der Waals surface area contributed by atoms with Gasteiger partial charge in [-0.25, -0.2) is 4.79 Å². The van der Waals surface area contributed by atoms with E-state index in [0.717, 1.165) is 30.0 Å². The highest BCUT2D eigenvalue weighted by molar-refractivity contribution is 7.14. The molecule has 3 heterocycles. The molecule has 2 saturated heterocycles. The third kappa shape index (κ3) is 4.05. The highest BCUT2D eigenvalue weighted by Crippen LogP contribution is 2.33. The molecule has 2 atom stereocenters. The number of anilines is 1. The molecule has 2 bridgehead atoms. The number of amides is 1. The third-order valence-electron chi connectivity index (χ3n) is 5.21. The second-order valence-corrected chi connectivity index (χ2v) is 8.00. The number of rotatable bonds is 5. The molecule has 2 aliphatic rings. The maximum absolute atomic E-state index is 12.8. The van der Waals surface area contributed by atoms with Crippen LogP contribution < -0.4 is 10.2 Å². The Morgan fingerprint density at radius 3 is 2.56 bits per heavy atom. The van der Waals surface area contributed by atoms with E-state index in [4.69, 9.17) is 4.74 Å². The van der Waals surface area contributed by atoms with E-state index in [1.807, 2.05) is 52.7 Å². The van der Waals surface area contributed by atoms with E-state index in [0.29, 0.717) is 24.6 Å². The zero-order valence-electron chi connectivity index (χ0n) is 14.3. The molecule has 2 unspecified atom stereocenters. The fourth-order valence-electron chi connectivity index (χ4n) is 4.06. The van der Waals surface area contributed by atoms with Crippen molar-refractivity contribution >= 4 is 22.4 Å². The van der Waals surface area contributed by atoms with Crippen molar-refractivity contribution in [1.82, 2.24) is 5.32 Å². The molecule has 0 spiro atoms. The van der Waals surface area contributed by atoms with Crippen LogP contribution in [0.15, 0.2) is 47.8 Å². The molecular formula is C20H24N2O2S. The van der Waals surface area contributed by atoms with Crippen LogP contribution >= 0.6 is 11.3 Å². The summed E-state index contributed by atoms with van der Waals surface area (Å²) in [4.78, 5) is 14.6. The molecule has 1 aromatic heterocycles. The zero-order chi connectivity index (χ0) is 17.1. The van der Waals surface area contributed by atoms with Gasteiger partial charge < -0.3 is 10.1 Å². The smallest absolute Gasteiger partial charge is 0.415 e. The Kier molecular flexibility index (Phi) is 5.04. The van der Waals surface area contributed by atoms with Gasteiger partial charge in [-0.1, -0.05) is 30.3 Å². The number of carbonyl (C=O) groups is 1. The summed E-state index contributed by atoms with van der Waals surface area (Å²) in [6.45, 7) is 1.07. The maximum Gasteiger partial charge on any atom is 0.415 e. The number of fused-ring (bicyclic) bond motifs is 2. The lowest BCUT2D eigenvalue weighted by Gasteiger charge is -2.32. The van der Waals surface area contributed by atoms with Crippen molar-refractivity contribution in [3.8, 4) is 0 Å². The Morgan fingerprint density at radius 2 is 1.88 bits per heavy atom. The average molecular weight is 356 g/mol. The second-order valence-electron chi connectivity index (χ2n) is 7.08. The standard InChI is InChI=1S/C20H24N2O2S/c23-20(24-14-15-5-2-1-3-6-15)22(19-7-4-10-25-19)13-16-11-17-8-9-18(12-16)21-17/h1-7,10,16-18,21H,8-9,11-14H2. The van der Waals surface area contributed by atoms with Crippen molar-refractivity contribution in [2.45, 2.75) is 44.4 Å². The molecule has 1 aromatic carbocycles. The van der Waals surface area contributed by atoms with E-state index in [1.165, 1.54) is 12.8 Å². The minimum Gasteiger partial charge on any atom is -0.444 e. The van der Waals surface area contributed by atoms with Gasteiger partial charge in [0.1, 0.15) is 11.6 Å². The van der Waals surface area contributed by atoms with Gasteiger partial charge in [0.15, 0.2) is 0 Å². The van der Waals surface area contributed by atoms with Gasteiger partial charge in [0.05, 0.1) is 0 Å². The second kappa shape index (κ2) is 7.58. The minimum absolute atomic E-state index is 0.239. The number of ether oxygens (including phenoxy) is 1. The molecule has 1 amide bonds. The lowest BCUT2D eigenvalue weighted by molar-refractivity contribution is 0.145. The van der Waals surface area contributed by atoms with E-state index in [9.17, 15) is 4.79 Å². The van der Waals surface area contributed by atoms with Crippen molar-refractivity contribution in [3.63, 3.8) is 0 Å². The van der Waals surface area contributed by atoms with Crippen LogP contribution in [0.4, 0.5) is 9.80 Å². The first-order valence-electron chi connectivity index (χ1n) is 9.05. The van der Waals surface area contributed by atoms with E-state index in [2.05, 4.69) is 5.32 Å². The van der Waals surface area contributed by atoms with Crippen molar-refractivity contribution in [2.75, 3.05) is 11.4 Å². The molecule has 4 rings (SSSR count). The van der Waals surface area contributed by atoms with Crippen LogP contribution in [0.3, 0.4) is 0 Å². The van der Waals surface area contributed by atoms with Gasteiger partial charge in [0.25, 0.3) is 0 Å². The Bertz CT molecular complexity index is 677. The number of carbonyl (C=O) groups excluding carboxylic acids is 1. The van der Waals surface area contributed by atoms with Crippen LogP contribution in [0, 0.1) is 5.92 Å². The van der Waals surface area contributed by atoms with E-state index in [1.54, 1.807) is 11.3 Å². The number of nitrogens with zero attached hydrogens (tertiary/aromatic N) is 1.